The summed E-state index contributed by atoms with van der Waals surface area (Å²) < 4.78 is 33.6. The number of nitrogens with one attached hydrogen (secondary N) is 1. The van der Waals surface area contributed by atoms with Crippen molar-refractivity contribution in [3.63, 3.8) is 0 Å². The molecule has 36 heavy (non-hydrogen) atoms. The first-order chi connectivity index (χ1) is 17.3. The number of carbonyl (C=O) groups excluding carboxylic acids is 1. The molecule has 1 aliphatic rings. The minimum atomic E-state index is -3.97. The van der Waals surface area contributed by atoms with Gasteiger partial charge < -0.3 is 10.1 Å². The molecule has 3 aromatic rings. The molecule has 0 saturated heterocycles. The molecule has 0 saturated carbocycles. The van der Waals surface area contributed by atoms with Gasteiger partial charge in [0, 0.05) is 0 Å². The zero-order valence-corrected chi connectivity index (χ0v) is 22.0. The van der Waals surface area contributed by atoms with Crippen LogP contribution in [0.2, 0.25) is 0 Å². The predicted molar refractivity (Wildman–Crippen MR) is 143 cm³/mol. The Labute approximate surface area is 214 Å². The van der Waals surface area contributed by atoms with Gasteiger partial charge in [-0.2, -0.15) is 0 Å². The second-order valence-electron chi connectivity index (χ2n) is 9.29. The molecular formula is C29H34N2O4S. The van der Waals surface area contributed by atoms with Crippen molar-refractivity contribution in [2.24, 2.45) is 0 Å². The SMILES string of the molecule is CC[C@H](NC(=O)CN(c1ccc(OC)cc1)S(=O)(=O)c1ccc(C)cc1)c1ccc2c(c1)CCCC2. The van der Waals surface area contributed by atoms with E-state index in [1.54, 1.807) is 55.6 Å². The maximum Gasteiger partial charge on any atom is 0.264 e. The van der Waals surface area contributed by atoms with E-state index in [4.69, 9.17) is 4.74 Å². The maximum absolute atomic E-state index is 13.6. The highest BCUT2D eigenvalue weighted by atomic mass is 32.2. The summed E-state index contributed by atoms with van der Waals surface area (Å²) >= 11 is 0. The van der Waals surface area contributed by atoms with Crippen LogP contribution in [0.3, 0.4) is 0 Å². The molecule has 0 spiro atoms. The molecule has 1 aliphatic carbocycles. The number of aryl methyl sites for hydroxylation is 3. The molecule has 7 heteroatoms. The molecule has 3 aromatic carbocycles. The standard InChI is InChI=1S/C29H34N2O4S/c1-4-28(24-12-11-22-7-5-6-8-23(22)19-24)30-29(32)20-31(25-13-15-26(35-3)16-14-25)36(33,34)27-17-9-21(2)10-18-27/h9-19,28H,4-8,20H2,1-3H3,(H,30,32)/t28-/m0/s1. The largest absolute Gasteiger partial charge is 0.497 e. The Morgan fingerprint density at radius 2 is 1.64 bits per heavy atom. The Balaban J connectivity index is 1.60. The lowest BCUT2D eigenvalue weighted by molar-refractivity contribution is -0.120. The smallest absolute Gasteiger partial charge is 0.264 e. The van der Waals surface area contributed by atoms with Gasteiger partial charge in [-0.1, -0.05) is 42.8 Å². The van der Waals surface area contributed by atoms with Crippen molar-refractivity contribution in [1.29, 1.82) is 0 Å². The molecule has 0 unspecified atom stereocenters. The third-order valence-electron chi connectivity index (χ3n) is 6.77. The fourth-order valence-corrected chi connectivity index (χ4v) is 6.08. The Kier molecular flexibility index (Phi) is 7.99. The number of sulfonamides is 1. The van der Waals surface area contributed by atoms with Crippen molar-refractivity contribution < 1.29 is 17.9 Å². The van der Waals surface area contributed by atoms with E-state index in [1.165, 1.54) is 24.0 Å². The maximum atomic E-state index is 13.6. The monoisotopic (exact) mass is 506 g/mol. The molecule has 1 N–H and O–H groups in total. The normalized spacial score (nSPS) is 14.0. The van der Waals surface area contributed by atoms with Gasteiger partial charge in [-0.3, -0.25) is 9.10 Å². The van der Waals surface area contributed by atoms with E-state index in [0.29, 0.717) is 17.9 Å². The molecular weight excluding hydrogens is 472 g/mol. The number of hydrogen-bond donors (Lipinski definition) is 1. The summed E-state index contributed by atoms with van der Waals surface area (Å²) in [6.07, 6.45) is 5.28. The summed E-state index contributed by atoms with van der Waals surface area (Å²) in [5.41, 5.74) is 5.16. The van der Waals surface area contributed by atoms with Crippen LogP contribution in [0.25, 0.3) is 0 Å². The van der Waals surface area contributed by atoms with Crippen molar-refractivity contribution in [3.8, 4) is 5.75 Å². The average molecular weight is 507 g/mol. The number of anilines is 1. The fourth-order valence-electron chi connectivity index (χ4n) is 4.66. The molecule has 1 atom stereocenters. The zero-order valence-electron chi connectivity index (χ0n) is 21.2. The van der Waals surface area contributed by atoms with Crippen LogP contribution in [0.4, 0.5) is 5.69 Å². The first-order valence-corrected chi connectivity index (χ1v) is 13.9. The van der Waals surface area contributed by atoms with Gasteiger partial charge in [-0.25, -0.2) is 8.42 Å². The highest BCUT2D eigenvalue weighted by Crippen LogP contribution is 2.28. The average Bonchev–Trinajstić information content (AvgIpc) is 2.90. The van der Waals surface area contributed by atoms with Crippen molar-refractivity contribution in [2.75, 3.05) is 18.0 Å². The van der Waals surface area contributed by atoms with Crippen LogP contribution in [0.15, 0.2) is 71.6 Å². The van der Waals surface area contributed by atoms with Gasteiger partial charge in [0.25, 0.3) is 10.0 Å². The summed E-state index contributed by atoms with van der Waals surface area (Å²) in [5, 5.41) is 3.08. The lowest BCUT2D eigenvalue weighted by atomic mass is 9.89. The van der Waals surface area contributed by atoms with Crippen LogP contribution >= 0.6 is 0 Å². The molecule has 6 nitrogen and oxygen atoms in total. The van der Waals surface area contributed by atoms with Crippen LogP contribution in [-0.2, 0) is 27.7 Å². The van der Waals surface area contributed by atoms with Crippen LogP contribution in [-0.4, -0.2) is 28.0 Å². The number of nitrogens with zero attached hydrogens (tertiary/aromatic N) is 1. The number of methoxy groups -OCH3 is 1. The van der Waals surface area contributed by atoms with Crippen molar-refractivity contribution in [3.05, 3.63) is 89.0 Å². The number of hydrogen-bond acceptors (Lipinski definition) is 4. The third-order valence-corrected chi connectivity index (χ3v) is 8.56. The Bertz CT molecular complexity index is 1300. The van der Waals surface area contributed by atoms with Gasteiger partial charge in [-0.15, -0.1) is 0 Å². The summed E-state index contributed by atoms with van der Waals surface area (Å²) in [6, 6.07) is 19.6. The Hall–Kier alpha value is -3.32. The molecule has 0 fully saturated rings. The molecule has 0 aromatic heterocycles. The quantitative estimate of drug-likeness (QED) is 0.425. The van der Waals surface area contributed by atoms with E-state index in [9.17, 15) is 13.2 Å². The lowest BCUT2D eigenvalue weighted by Crippen LogP contribution is -2.42. The molecule has 0 heterocycles. The topological polar surface area (TPSA) is 75.7 Å². The van der Waals surface area contributed by atoms with Crippen molar-refractivity contribution in [2.45, 2.75) is 56.9 Å². The number of benzene rings is 3. The number of amides is 1. The van der Waals surface area contributed by atoms with E-state index in [0.717, 1.165) is 28.3 Å². The van der Waals surface area contributed by atoms with Gasteiger partial charge in [0.05, 0.1) is 23.7 Å². The number of fused-ring (bicyclic) bond motifs is 1. The summed E-state index contributed by atoms with van der Waals surface area (Å²) in [6.45, 7) is 3.59. The molecule has 190 valence electrons. The summed E-state index contributed by atoms with van der Waals surface area (Å²) in [5.74, 6) is 0.250. The number of carbonyl (C=O) groups is 1. The van der Waals surface area contributed by atoms with Gasteiger partial charge in [-0.05, 0) is 92.1 Å². The fraction of sp³-hybridized carbons (Fsp3) is 0.345. The number of rotatable bonds is 9. The van der Waals surface area contributed by atoms with E-state index in [1.807, 2.05) is 13.8 Å². The predicted octanol–water partition coefficient (Wildman–Crippen LogP) is 5.35. The Morgan fingerprint density at radius 1 is 0.972 bits per heavy atom. The molecule has 0 aliphatic heterocycles. The van der Waals surface area contributed by atoms with Crippen LogP contribution < -0.4 is 14.4 Å². The molecule has 0 radical (unpaired) electrons. The van der Waals surface area contributed by atoms with Gasteiger partial charge in [0.2, 0.25) is 5.91 Å². The van der Waals surface area contributed by atoms with Crippen LogP contribution in [0, 0.1) is 6.92 Å². The second kappa shape index (κ2) is 11.2. The highest BCUT2D eigenvalue weighted by Gasteiger charge is 2.28. The molecule has 1 amide bonds. The zero-order chi connectivity index (χ0) is 25.7. The van der Waals surface area contributed by atoms with E-state index in [-0.39, 0.29) is 23.4 Å². The third kappa shape index (κ3) is 5.73. The van der Waals surface area contributed by atoms with E-state index >= 15 is 0 Å². The van der Waals surface area contributed by atoms with Gasteiger partial charge in [0.1, 0.15) is 12.3 Å². The van der Waals surface area contributed by atoms with E-state index < -0.39 is 10.0 Å². The first-order valence-electron chi connectivity index (χ1n) is 12.5. The van der Waals surface area contributed by atoms with Crippen LogP contribution in [0.1, 0.15) is 54.5 Å². The minimum Gasteiger partial charge on any atom is -0.497 e. The van der Waals surface area contributed by atoms with Crippen LogP contribution in [0.5, 0.6) is 5.75 Å². The van der Waals surface area contributed by atoms with Crippen molar-refractivity contribution >= 4 is 21.6 Å². The summed E-state index contributed by atoms with van der Waals surface area (Å²) in [4.78, 5) is 13.4. The Morgan fingerprint density at radius 3 is 2.28 bits per heavy atom. The molecule has 4 rings (SSSR count). The number of ether oxygens (including phenoxy) is 1. The lowest BCUT2D eigenvalue weighted by Gasteiger charge is -2.26. The summed E-state index contributed by atoms with van der Waals surface area (Å²) in [7, 11) is -2.42. The first kappa shape index (κ1) is 25.8. The second-order valence-corrected chi connectivity index (χ2v) is 11.1. The van der Waals surface area contributed by atoms with Gasteiger partial charge in [0.15, 0.2) is 0 Å². The van der Waals surface area contributed by atoms with Crippen molar-refractivity contribution in [1.82, 2.24) is 5.32 Å². The van der Waals surface area contributed by atoms with Gasteiger partial charge >= 0.3 is 0 Å². The van der Waals surface area contributed by atoms with E-state index in [2.05, 4.69) is 23.5 Å². The minimum absolute atomic E-state index is 0.137. The highest BCUT2D eigenvalue weighted by molar-refractivity contribution is 7.92. The molecule has 0 bridgehead atoms.